The van der Waals surface area contributed by atoms with Gasteiger partial charge in [-0.1, -0.05) is 38.1 Å². The number of carbonyl (C=O) groups excluding carboxylic acids is 3. The summed E-state index contributed by atoms with van der Waals surface area (Å²) in [4.78, 5) is 39.6. The highest BCUT2D eigenvalue weighted by Gasteiger charge is 2.46. The van der Waals surface area contributed by atoms with Gasteiger partial charge in [-0.2, -0.15) is 0 Å². The number of rotatable bonds is 8. The van der Waals surface area contributed by atoms with Gasteiger partial charge in [0.1, 0.15) is 17.3 Å². The molecule has 1 aliphatic rings. The van der Waals surface area contributed by atoms with Crippen molar-refractivity contribution >= 4 is 23.4 Å². The summed E-state index contributed by atoms with van der Waals surface area (Å²) >= 11 is 0. The number of methoxy groups -OCH3 is 1. The van der Waals surface area contributed by atoms with Crippen molar-refractivity contribution in [2.45, 2.75) is 26.4 Å². The molecule has 0 spiro atoms. The van der Waals surface area contributed by atoms with Gasteiger partial charge in [-0.3, -0.25) is 9.59 Å². The van der Waals surface area contributed by atoms with Gasteiger partial charge in [-0.05, 0) is 65.6 Å². The van der Waals surface area contributed by atoms with Crippen LogP contribution in [0.15, 0.2) is 78.4 Å². The van der Waals surface area contributed by atoms with Crippen LogP contribution in [0.25, 0.3) is 5.76 Å². The topological polar surface area (TPSA) is 113 Å². The Bertz CT molecular complexity index is 1370. The number of Topliss-reactive ketones (excluding diaryl/α,β-unsaturated/α-hetero) is 1. The Balaban J connectivity index is 1.73. The normalized spacial score (nSPS) is 16.6. The van der Waals surface area contributed by atoms with Crippen LogP contribution in [0.4, 0.5) is 0 Å². The summed E-state index contributed by atoms with van der Waals surface area (Å²) in [6, 6.07) is 18.4. The quantitative estimate of drug-likeness (QED) is 0.191. The van der Waals surface area contributed by atoms with Gasteiger partial charge in [-0.25, -0.2) is 4.79 Å². The number of likely N-dealkylation sites (tertiary alicyclic amines) is 1. The van der Waals surface area contributed by atoms with Gasteiger partial charge in [0.05, 0.1) is 30.9 Å². The molecule has 1 heterocycles. The molecule has 1 amide bonds. The molecule has 38 heavy (non-hydrogen) atoms. The lowest BCUT2D eigenvalue weighted by molar-refractivity contribution is -0.140. The van der Waals surface area contributed by atoms with E-state index in [1.54, 1.807) is 60.7 Å². The fraction of sp³-hybridized carbons (Fsp3) is 0.233. The number of benzene rings is 3. The zero-order valence-electron chi connectivity index (χ0n) is 21.4. The van der Waals surface area contributed by atoms with E-state index in [9.17, 15) is 24.6 Å². The van der Waals surface area contributed by atoms with Crippen LogP contribution in [-0.4, -0.2) is 46.5 Å². The maximum absolute atomic E-state index is 13.3. The van der Waals surface area contributed by atoms with Crippen LogP contribution in [0.3, 0.4) is 0 Å². The van der Waals surface area contributed by atoms with Crippen molar-refractivity contribution in [2.75, 3.05) is 13.7 Å². The van der Waals surface area contributed by atoms with Crippen molar-refractivity contribution in [3.8, 4) is 11.5 Å². The van der Waals surface area contributed by atoms with Crippen molar-refractivity contribution in [3.63, 3.8) is 0 Å². The molecule has 3 aromatic rings. The Morgan fingerprint density at radius 2 is 1.63 bits per heavy atom. The smallest absolute Gasteiger partial charge is 0.337 e. The Morgan fingerprint density at radius 1 is 0.974 bits per heavy atom. The molecule has 0 bridgehead atoms. The fourth-order valence-corrected chi connectivity index (χ4v) is 4.27. The third kappa shape index (κ3) is 5.54. The Morgan fingerprint density at radius 3 is 2.24 bits per heavy atom. The highest BCUT2D eigenvalue weighted by Crippen LogP contribution is 2.41. The molecule has 0 radical (unpaired) electrons. The molecule has 8 nitrogen and oxygen atoms in total. The first-order chi connectivity index (χ1) is 18.2. The highest BCUT2D eigenvalue weighted by atomic mass is 16.5. The molecule has 1 saturated heterocycles. The molecule has 0 aliphatic carbocycles. The summed E-state index contributed by atoms with van der Waals surface area (Å²) in [7, 11) is 1.29. The lowest BCUT2D eigenvalue weighted by Gasteiger charge is -2.25. The van der Waals surface area contributed by atoms with Gasteiger partial charge >= 0.3 is 5.97 Å². The van der Waals surface area contributed by atoms with Gasteiger partial charge in [0.25, 0.3) is 11.7 Å². The van der Waals surface area contributed by atoms with E-state index in [4.69, 9.17) is 9.47 Å². The number of amides is 1. The number of phenols is 1. The average molecular weight is 516 g/mol. The summed E-state index contributed by atoms with van der Waals surface area (Å²) in [6.07, 6.45) is 0. The Hall–Kier alpha value is -4.59. The number of ketones is 1. The minimum Gasteiger partial charge on any atom is -0.508 e. The maximum atomic E-state index is 13.3. The molecule has 0 aromatic heterocycles. The Kier molecular flexibility index (Phi) is 7.81. The second-order valence-electron chi connectivity index (χ2n) is 9.44. The molecule has 4 rings (SSSR count). The van der Waals surface area contributed by atoms with Crippen LogP contribution in [0.5, 0.6) is 11.5 Å². The van der Waals surface area contributed by atoms with Crippen LogP contribution in [0, 0.1) is 5.92 Å². The molecule has 1 aliphatic heterocycles. The second kappa shape index (κ2) is 11.2. The third-order valence-corrected chi connectivity index (χ3v) is 6.16. The minimum atomic E-state index is -0.945. The molecular formula is C30H29NO7. The van der Waals surface area contributed by atoms with Crippen LogP contribution in [0.2, 0.25) is 0 Å². The number of aliphatic hydroxyl groups is 1. The number of hydrogen-bond acceptors (Lipinski definition) is 7. The maximum Gasteiger partial charge on any atom is 0.337 e. The molecule has 8 heteroatoms. The van der Waals surface area contributed by atoms with Crippen molar-refractivity contribution in [1.82, 2.24) is 4.90 Å². The monoisotopic (exact) mass is 515 g/mol. The zero-order chi connectivity index (χ0) is 27.4. The van der Waals surface area contributed by atoms with Crippen molar-refractivity contribution in [3.05, 3.63) is 101 Å². The van der Waals surface area contributed by atoms with Crippen molar-refractivity contribution in [1.29, 1.82) is 0 Å². The largest absolute Gasteiger partial charge is 0.508 e. The van der Waals surface area contributed by atoms with E-state index in [0.717, 1.165) is 0 Å². The SMILES string of the molecule is COC(=O)c1ccc(CN2C(=O)C(=O)/C(=C(/O)c3ccc(OCC(C)C)cc3)C2c2cccc(O)c2)cc1. The summed E-state index contributed by atoms with van der Waals surface area (Å²) in [5.74, 6) is -1.50. The van der Waals surface area contributed by atoms with Crippen LogP contribution in [0.1, 0.15) is 46.9 Å². The summed E-state index contributed by atoms with van der Waals surface area (Å²) in [5, 5.41) is 21.4. The van der Waals surface area contributed by atoms with Crippen molar-refractivity contribution in [2.24, 2.45) is 5.92 Å². The first kappa shape index (κ1) is 26.5. The second-order valence-corrected chi connectivity index (χ2v) is 9.44. The van der Waals surface area contributed by atoms with E-state index in [1.165, 1.54) is 24.1 Å². The Labute approximate surface area is 220 Å². The first-order valence-corrected chi connectivity index (χ1v) is 12.2. The average Bonchev–Trinajstić information content (AvgIpc) is 3.16. The van der Waals surface area contributed by atoms with E-state index in [0.29, 0.717) is 40.5 Å². The number of nitrogens with zero attached hydrogens (tertiary/aromatic N) is 1. The number of esters is 1. The number of hydrogen-bond donors (Lipinski definition) is 2. The minimum absolute atomic E-state index is 0.0328. The highest BCUT2D eigenvalue weighted by molar-refractivity contribution is 6.46. The lowest BCUT2D eigenvalue weighted by Crippen LogP contribution is -2.29. The molecule has 1 unspecified atom stereocenters. The molecule has 2 N–H and O–H groups in total. The number of phenolic OH excluding ortho intramolecular Hbond substituents is 1. The predicted octanol–water partition coefficient (Wildman–Crippen LogP) is 4.84. The molecule has 0 saturated carbocycles. The predicted molar refractivity (Wildman–Crippen MR) is 141 cm³/mol. The number of ether oxygens (including phenoxy) is 2. The molecule has 1 atom stereocenters. The van der Waals surface area contributed by atoms with Crippen LogP contribution in [-0.2, 0) is 20.9 Å². The van der Waals surface area contributed by atoms with Gasteiger partial charge in [0.2, 0.25) is 0 Å². The summed E-state index contributed by atoms with van der Waals surface area (Å²) in [6.45, 7) is 4.64. The van der Waals surface area contributed by atoms with E-state index in [-0.39, 0.29) is 23.6 Å². The number of carbonyl (C=O) groups is 3. The molecule has 1 fully saturated rings. The molecule has 196 valence electrons. The fourth-order valence-electron chi connectivity index (χ4n) is 4.27. The van der Waals surface area contributed by atoms with Crippen LogP contribution >= 0.6 is 0 Å². The summed E-state index contributed by atoms with van der Waals surface area (Å²) < 4.78 is 10.4. The lowest BCUT2D eigenvalue weighted by atomic mass is 9.95. The number of aliphatic hydroxyl groups excluding tert-OH is 1. The van der Waals surface area contributed by atoms with Gasteiger partial charge in [0.15, 0.2) is 0 Å². The third-order valence-electron chi connectivity index (χ3n) is 6.16. The van der Waals surface area contributed by atoms with Crippen LogP contribution < -0.4 is 4.74 Å². The van der Waals surface area contributed by atoms with Gasteiger partial charge in [-0.15, -0.1) is 0 Å². The van der Waals surface area contributed by atoms with E-state index in [1.807, 2.05) is 13.8 Å². The standard InChI is InChI=1S/C30H29NO7/c1-18(2)17-38-24-13-11-20(12-14-24)27(33)25-26(22-5-4-6-23(32)15-22)31(29(35)28(25)34)16-19-7-9-21(10-8-19)30(36)37-3/h4-15,18,26,32-33H,16-17H2,1-3H3/b27-25+. The van der Waals surface area contributed by atoms with E-state index in [2.05, 4.69) is 0 Å². The summed E-state index contributed by atoms with van der Waals surface area (Å²) in [5.41, 5.74) is 1.75. The van der Waals surface area contributed by atoms with E-state index >= 15 is 0 Å². The van der Waals surface area contributed by atoms with E-state index < -0.39 is 23.7 Å². The first-order valence-electron chi connectivity index (χ1n) is 12.2. The zero-order valence-corrected chi connectivity index (χ0v) is 21.4. The van der Waals surface area contributed by atoms with Gasteiger partial charge < -0.3 is 24.6 Å². The molecular weight excluding hydrogens is 486 g/mol. The van der Waals surface area contributed by atoms with Gasteiger partial charge in [0, 0.05) is 12.1 Å². The van der Waals surface area contributed by atoms with Crippen molar-refractivity contribution < 1.29 is 34.1 Å². The molecule has 3 aromatic carbocycles. The number of aromatic hydroxyl groups is 1.